The van der Waals surface area contributed by atoms with Crippen molar-refractivity contribution in [2.45, 2.75) is 30.5 Å². The van der Waals surface area contributed by atoms with Crippen molar-refractivity contribution in [3.8, 4) is 0 Å². The zero-order chi connectivity index (χ0) is 20.9. The van der Waals surface area contributed by atoms with Gasteiger partial charge in [0.1, 0.15) is 10.8 Å². The van der Waals surface area contributed by atoms with E-state index < -0.39 is 0 Å². The zero-order valence-corrected chi connectivity index (χ0v) is 18.3. The molecule has 1 aliphatic heterocycles. The van der Waals surface area contributed by atoms with Crippen molar-refractivity contribution in [3.63, 3.8) is 0 Å². The van der Waals surface area contributed by atoms with E-state index in [0.717, 1.165) is 38.4 Å². The number of amides is 1. The van der Waals surface area contributed by atoms with Crippen LogP contribution in [0.1, 0.15) is 29.8 Å². The maximum absolute atomic E-state index is 12.8. The Bertz CT molecular complexity index is 1110. The minimum absolute atomic E-state index is 0.123. The molecule has 1 amide bonds. The fourth-order valence-corrected chi connectivity index (χ4v) is 4.86. The van der Waals surface area contributed by atoms with Gasteiger partial charge in [-0.05, 0) is 31.0 Å². The van der Waals surface area contributed by atoms with Gasteiger partial charge in [0.05, 0.1) is 23.0 Å². The van der Waals surface area contributed by atoms with Crippen LogP contribution in [0.3, 0.4) is 0 Å². The third-order valence-electron chi connectivity index (χ3n) is 4.59. The number of aliphatic imine (C=N–C) groups is 2. The first-order chi connectivity index (χ1) is 14.6. The van der Waals surface area contributed by atoms with Crippen LogP contribution in [0.2, 0.25) is 0 Å². The fourth-order valence-electron chi connectivity index (χ4n) is 3.25. The highest BCUT2D eigenvalue weighted by Gasteiger charge is 2.27. The SMILES string of the molecule is CCC1=Nc2ccccc2N=C(NC(=O)CSc2nnc(C)s2)C1c1ccccc1. The molecule has 8 heteroatoms. The molecule has 1 N–H and O–H groups in total. The number of carbonyl (C=O) groups is 1. The summed E-state index contributed by atoms with van der Waals surface area (Å²) in [6, 6.07) is 17.8. The lowest BCUT2D eigenvalue weighted by molar-refractivity contribution is -0.117. The number of thioether (sulfide) groups is 1. The van der Waals surface area contributed by atoms with Crippen LogP contribution in [0.4, 0.5) is 11.4 Å². The summed E-state index contributed by atoms with van der Waals surface area (Å²) in [5.74, 6) is 0.518. The number of hydrogen-bond acceptors (Lipinski definition) is 7. The van der Waals surface area contributed by atoms with Gasteiger partial charge in [0, 0.05) is 5.71 Å². The molecule has 0 radical (unpaired) electrons. The molecule has 30 heavy (non-hydrogen) atoms. The molecule has 1 atom stereocenters. The van der Waals surface area contributed by atoms with Gasteiger partial charge >= 0.3 is 0 Å². The molecule has 2 aromatic carbocycles. The summed E-state index contributed by atoms with van der Waals surface area (Å²) in [6.45, 7) is 3.98. The van der Waals surface area contributed by atoms with E-state index in [9.17, 15) is 4.79 Å². The molecule has 4 rings (SSSR count). The number of hydrogen-bond donors (Lipinski definition) is 1. The van der Waals surface area contributed by atoms with E-state index in [4.69, 9.17) is 9.98 Å². The Kier molecular flexibility index (Phi) is 6.35. The third kappa shape index (κ3) is 4.66. The molecule has 152 valence electrons. The van der Waals surface area contributed by atoms with E-state index in [1.54, 1.807) is 0 Å². The summed E-state index contributed by atoms with van der Waals surface area (Å²) in [6.07, 6.45) is 0.752. The molecule has 0 fully saturated rings. The normalized spacial score (nSPS) is 15.6. The number of carbonyl (C=O) groups excluding carboxylic acids is 1. The van der Waals surface area contributed by atoms with Crippen molar-refractivity contribution in [1.82, 2.24) is 15.5 Å². The molecule has 1 unspecified atom stereocenters. The second-order valence-corrected chi connectivity index (χ2v) is 9.11. The Morgan fingerprint density at radius 1 is 1.03 bits per heavy atom. The number of aromatic nitrogens is 2. The van der Waals surface area contributed by atoms with Gasteiger partial charge in [-0.25, -0.2) is 4.99 Å². The molecule has 0 bridgehead atoms. The largest absolute Gasteiger partial charge is 0.313 e. The van der Waals surface area contributed by atoms with Gasteiger partial charge in [-0.2, -0.15) is 0 Å². The van der Waals surface area contributed by atoms with Crippen LogP contribution < -0.4 is 5.32 Å². The Labute approximate surface area is 183 Å². The number of amidine groups is 1. The second kappa shape index (κ2) is 9.32. The molecule has 1 aromatic heterocycles. The highest BCUT2D eigenvalue weighted by atomic mass is 32.2. The van der Waals surface area contributed by atoms with Gasteiger partial charge in [0.15, 0.2) is 4.34 Å². The predicted octanol–water partition coefficient (Wildman–Crippen LogP) is 5.06. The quantitative estimate of drug-likeness (QED) is 0.568. The Balaban J connectivity index is 1.65. The van der Waals surface area contributed by atoms with E-state index in [2.05, 4.69) is 22.4 Å². The molecule has 0 spiro atoms. The van der Waals surface area contributed by atoms with E-state index >= 15 is 0 Å². The van der Waals surface area contributed by atoms with Crippen molar-refractivity contribution in [2.24, 2.45) is 9.98 Å². The van der Waals surface area contributed by atoms with E-state index in [0.29, 0.717) is 5.84 Å². The summed E-state index contributed by atoms with van der Waals surface area (Å²) in [7, 11) is 0. The minimum atomic E-state index is -0.207. The molecular weight excluding hydrogens is 414 g/mol. The molecular formula is C22H21N5OS2. The summed E-state index contributed by atoms with van der Waals surface area (Å²) in [5, 5.41) is 12.0. The maximum Gasteiger partial charge on any atom is 0.235 e. The Morgan fingerprint density at radius 2 is 1.73 bits per heavy atom. The summed E-state index contributed by atoms with van der Waals surface area (Å²) >= 11 is 2.86. The van der Waals surface area contributed by atoms with Crippen molar-refractivity contribution in [1.29, 1.82) is 0 Å². The van der Waals surface area contributed by atoms with Crippen LogP contribution >= 0.6 is 23.1 Å². The number of benzene rings is 2. The van der Waals surface area contributed by atoms with Crippen LogP contribution in [-0.4, -0.2) is 33.4 Å². The first-order valence-electron chi connectivity index (χ1n) is 9.67. The summed E-state index contributed by atoms with van der Waals surface area (Å²) < 4.78 is 0.784. The van der Waals surface area contributed by atoms with Gasteiger partial charge in [0.25, 0.3) is 0 Å². The minimum Gasteiger partial charge on any atom is -0.313 e. The number of nitrogens with zero attached hydrogens (tertiary/aromatic N) is 4. The van der Waals surface area contributed by atoms with E-state index in [1.165, 1.54) is 23.1 Å². The maximum atomic E-state index is 12.8. The lowest BCUT2D eigenvalue weighted by Crippen LogP contribution is -2.38. The van der Waals surface area contributed by atoms with Crippen LogP contribution in [0.5, 0.6) is 0 Å². The first-order valence-corrected chi connectivity index (χ1v) is 11.5. The van der Waals surface area contributed by atoms with Gasteiger partial charge < -0.3 is 5.32 Å². The Hall–Kier alpha value is -2.84. The second-order valence-electron chi connectivity index (χ2n) is 6.71. The van der Waals surface area contributed by atoms with Crippen molar-refractivity contribution in [3.05, 3.63) is 65.2 Å². The van der Waals surface area contributed by atoms with Gasteiger partial charge in [0.2, 0.25) is 5.91 Å². The highest BCUT2D eigenvalue weighted by Crippen LogP contribution is 2.35. The smallest absolute Gasteiger partial charge is 0.235 e. The number of fused-ring (bicyclic) bond motifs is 1. The number of rotatable bonds is 5. The van der Waals surface area contributed by atoms with Crippen LogP contribution in [0.25, 0.3) is 0 Å². The summed E-state index contributed by atoms with van der Waals surface area (Å²) in [5.41, 5.74) is 3.60. The number of aryl methyl sites for hydroxylation is 1. The van der Waals surface area contributed by atoms with Crippen molar-refractivity contribution in [2.75, 3.05) is 5.75 Å². The third-order valence-corrected chi connectivity index (χ3v) is 6.56. The van der Waals surface area contributed by atoms with Gasteiger partial charge in [-0.1, -0.05) is 72.5 Å². The van der Waals surface area contributed by atoms with Crippen LogP contribution in [0, 0.1) is 6.92 Å². The molecule has 6 nitrogen and oxygen atoms in total. The molecule has 3 aromatic rings. The van der Waals surface area contributed by atoms with Gasteiger partial charge in [-0.3, -0.25) is 9.79 Å². The molecule has 0 saturated heterocycles. The summed E-state index contributed by atoms with van der Waals surface area (Å²) in [4.78, 5) is 22.5. The predicted molar refractivity (Wildman–Crippen MR) is 124 cm³/mol. The van der Waals surface area contributed by atoms with E-state index in [1.807, 2.05) is 61.5 Å². The molecule has 0 saturated carbocycles. The van der Waals surface area contributed by atoms with Crippen molar-refractivity contribution >= 4 is 51.9 Å². The number of nitrogens with one attached hydrogen (secondary N) is 1. The number of para-hydroxylation sites is 2. The first kappa shape index (κ1) is 20.4. The van der Waals surface area contributed by atoms with Crippen LogP contribution in [0.15, 0.2) is 68.9 Å². The lowest BCUT2D eigenvalue weighted by atomic mass is 9.91. The molecule has 2 heterocycles. The molecule has 0 aliphatic carbocycles. The van der Waals surface area contributed by atoms with Crippen LogP contribution in [-0.2, 0) is 4.79 Å². The fraction of sp³-hybridized carbons (Fsp3) is 0.227. The Morgan fingerprint density at radius 3 is 2.40 bits per heavy atom. The standard InChI is InChI=1S/C22H21N5OS2/c1-3-16-20(15-9-5-4-6-10-15)21(24-18-12-8-7-11-17(18)23-16)25-19(28)13-29-22-27-26-14(2)30-22/h4-12,20H,3,13H2,1-2H3,(H,24,25,28). The van der Waals surface area contributed by atoms with Crippen molar-refractivity contribution < 1.29 is 4.79 Å². The molecule has 1 aliphatic rings. The monoisotopic (exact) mass is 435 g/mol. The highest BCUT2D eigenvalue weighted by molar-refractivity contribution is 8.01. The topological polar surface area (TPSA) is 79.6 Å². The van der Waals surface area contributed by atoms with Gasteiger partial charge in [-0.15, -0.1) is 10.2 Å². The lowest BCUT2D eigenvalue weighted by Gasteiger charge is -2.20. The average molecular weight is 436 g/mol. The van der Waals surface area contributed by atoms with E-state index in [-0.39, 0.29) is 17.6 Å². The zero-order valence-electron chi connectivity index (χ0n) is 16.7. The average Bonchev–Trinajstić information content (AvgIpc) is 3.11.